The lowest BCUT2D eigenvalue weighted by molar-refractivity contribution is 0.232. The van der Waals surface area contributed by atoms with Gasteiger partial charge in [0.05, 0.1) is 16.8 Å². The highest BCUT2D eigenvalue weighted by Gasteiger charge is 2.03. The summed E-state index contributed by atoms with van der Waals surface area (Å²) in [5.41, 5.74) is 6.11. The van der Waals surface area contributed by atoms with E-state index in [1.54, 1.807) is 12.1 Å². The van der Waals surface area contributed by atoms with Gasteiger partial charge in [-0.25, -0.2) is 4.98 Å². The highest BCUT2D eigenvalue weighted by atomic mass is 35.5. The van der Waals surface area contributed by atoms with E-state index in [1.165, 1.54) is 0 Å². The molecule has 0 aliphatic rings. The second-order valence-corrected chi connectivity index (χ2v) is 3.36. The van der Waals surface area contributed by atoms with Gasteiger partial charge in [0.15, 0.2) is 0 Å². The molecule has 0 radical (unpaired) electrons. The maximum atomic E-state index is 5.83. The number of nitrogens with two attached hydrogens (primary N) is 1. The van der Waals surface area contributed by atoms with E-state index in [2.05, 4.69) is 4.98 Å². The standard InChI is InChI=1S/C9H13ClN2O/c1-6(2)13-9-4-3-7(10)8(5-11)12-9/h3-4,6H,5,11H2,1-2H3. The van der Waals surface area contributed by atoms with Crippen LogP contribution < -0.4 is 10.5 Å². The summed E-state index contributed by atoms with van der Waals surface area (Å²) in [4.78, 5) is 4.15. The van der Waals surface area contributed by atoms with Gasteiger partial charge in [-0.1, -0.05) is 11.6 Å². The van der Waals surface area contributed by atoms with Gasteiger partial charge < -0.3 is 10.5 Å². The predicted octanol–water partition coefficient (Wildman–Crippen LogP) is 1.98. The number of rotatable bonds is 3. The lowest BCUT2D eigenvalue weighted by atomic mass is 10.3. The summed E-state index contributed by atoms with van der Waals surface area (Å²) in [5.74, 6) is 0.569. The van der Waals surface area contributed by atoms with Crippen LogP contribution in [0.15, 0.2) is 12.1 Å². The summed E-state index contributed by atoms with van der Waals surface area (Å²) in [5, 5.41) is 0.582. The van der Waals surface area contributed by atoms with Crippen LogP contribution >= 0.6 is 11.6 Å². The van der Waals surface area contributed by atoms with Gasteiger partial charge >= 0.3 is 0 Å². The van der Waals surface area contributed by atoms with Gasteiger partial charge in [-0.3, -0.25) is 0 Å². The first kappa shape index (κ1) is 10.3. The normalized spacial score (nSPS) is 10.5. The minimum absolute atomic E-state index is 0.110. The Hall–Kier alpha value is -0.800. The fourth-order valence-electron chi connectivity index (χ4n) is 0.915. The minimum atomic E-state index is 0.110. The van der Waals surface area contributed by atoms with Crippen LogP contribution in [0.4, 0.5) is 0 Å². The summed E-state index contributed by atoms with van der Waals surface area (Å²) >= 11 is 5.83. The molecule has 0 saturated heterocycles. The Labute approximate surface area is 82.9 Å². The summed E-state index contributed by atoms with van der Waals surface area (Å²) in [6, 6.07) is 3.48. The van der Waals surface area contributed by atoms with E-state index in [1.807, 2.05) is 13.8 Å². The maximum Gasteiger partial charge on any atom is 0.213 e. The van der Waals surface area contributed by atoms with Crippen molar-refractivity contribution < 1.29 is 4.74 Å². The highest BCUT2D eigenvalue weighted by molar-refractivity contribution is 6.31. The average Bonchev–Trinajstić information content (AvgIpc) is 2.07. The Morgan fingerprint density at radius 3 is 2.77 bits per heavy atom. The van der Waals surface area contributed by atoms with E-state index < -0.39 is 0 Å². The fraction of sp³-hybridized carbons (Fsp3) is 0.444. The van der Waals surface area contributed by atoms with Gasteiger partial charge in [0.2, 0.25) is 5.88 Å². The van der Waals surface area contributed by atoms with Gasteiger partial charge in [-0.2, -0.15) is 0 Å². The molecule has 4 heteroatoms. The molecule has 0 unspecified atom stereocenters. The first-order valence-electron chi connectivity index (χ1n) is 4.15. The van der Waals surface area contributed by atoms with Crippen molar-refractivity contribution in [2.24, 2.45) is 5.73 Å². The second-order valence-electron chi connectivity index (χ2n) is 2.95. The molecule has 1 aromatic heterocycles. The molecule has 1 aromatic rings. The number of halogens is 1. The molecular weight excluding hydrogens is 188 g/mol. The third-order valence-electron chi connectivity index (χ3n) is 1.44. The molecule has 72 valence electrons. The molecule has 0 aromatic carbocycles. The molecule has 0 spiro atoms. The number of ether oxygens (including phenoxy) is 1. The molecule has 0 fully saturated rings. The maximum absolute atomic E-state index is 5.83. The molecule has 3 nitrogen and oxygen atoms in total. The Morgan fingerprint density at radius 1 is 1.54 bits per heavy atom. The zero-order valence-electron chi connectivity index (χ0n) is 7.75. The van der Waals surface area contributed by atoms with Gasteiger partial charge in [-0.15, -0.1) is 0 Å². The Kier molecular flexibility index (Phi) is 3.51. The zero-order valence-corrected chi connectivity index (χ0v) is 8.51. The molecule has 2 N–H and O–H groups in total. The van der Waals surface area contributed by atoms with Crippen LogP contribution in [0.2, 0.25) is 5.02 Å². The highest BCUT2D eigenvalue weighted by Crippen LogP contribution is 2.18. The molecule has 0 atom stereocenters. The summed E-state index contributed by atoms with van der Waals surface area (Å²) in [6.45, 7) is 4.21. The molecular formula is C9H13ClN2O. The summed E-state index contributed by atoms with van der Waals surface area (Å²) in [7, 11) is 0. The van der Waals surface area contributed by atoms with Crippen molar-refractivity contribution in [3.8, 4) is 5.88 Å². The Balaban J connectivity index is 2.86. The van der Waals surface area contributed by atoms with Crippen molar-refractivity contribution in [3.05, 3.63) is 22.8 Å². The Morgan fingerprint density at radius 2 is 2.23 bits per heavy atom. The smallest absolute Gasteiger partial charge is 0.213 e. The summed E-state index contributed by atoms with van der Waals surface area (Å²) < 4.78 is 5.39. The molecule has 13 heavy (non-hydrogen) atoms. The lowest BCUT2D eigenvalue weighted by Gasteiger charge is -2.09. The third kappa shape index (κ3) is 2.86. The molecule has 0 aliphatic carbocycles. The van der Waals surface area contributed by atoms with Crippen LogP contribution in [0.5, 0.6) is 5.88 Å². The van der Waals surface area contributed by atoms with Crippen molar-refractivity contribution >= 4 is 11.6 Å². The lowest BCUT2D eigenvalue weighted by Crippen LogP contribution is -2.09. The van der Waals surface area contributed by atoms with Crippen LogP contribution in [0.3, 0.4) is 0 Å². The van der Waals surface area contributed by atoms with E-state index >= 15 is 0 Å². The van der Waals surface area contributed by atoms with Gasteiger partial charge in [0.25, 0.3) is 0 Å². The Bertz CT molecular complexity index is 289. The average molecular weight is 201 g/mol. The number of nitrogens with zero attached hydrogens (tertiary/aromatic N) is 1. The topological polar surface area (TPSA) is 48.1 Å². The molecule has 1 heterocycles. The predicted molar refractivity (Wildman–Crippen MR) is 52.9 cm³/mol. The quantitative estimate of drug-likeness (QED) is 0.812. The molecule has 0 saturated carbocycles. The fourth-order valence-corrected chi connectivity index (χ4v) is 1.10. The molecule has 0 amide bonds. The largest absolute Gasteiger partial charge is 0.475 e. The van der Waals surface area contributed by atoms with Gasteiger partial charge in [0.1, 0.15) is 0 Å². The first-order chi connectivity index (χ1) is 6.13. The van der Waals surface area contributed by atoms with E-state index in [-0.39, 0.29) is 6.10 Å². The van der Waals surface area contributed by atoms with Crippen molar-refractivity contribution in [1.29, 1.82) is 0 Å². The van der Waals surface area contributed by atoms with E-state index in [4.69, 9.17) is 22.1 Å². The monoisotopic (exact) mass is 200 g/mol. The van der Waals surface area contributed by atoms with Crippen molar-refractivity contribution in [2.45, 2.75) is 26.5 Å². The number of hydrogen-bond donors (Lipinski definition) is 1. The van der Waals surface area contributed by atoms with Crippen molar-refractivity contribution in [3.63, 3.8) is 0 Å². The first-order valence-corrected chi connectivity index (χ1v) is 4.53. The van der Waals surface area contributed by atoms with Gasteiger partial charge in [-0.05, 0) is 19.9 Å². The molecule has 0 bridgehead atoms. The number of hydrogen-bond acceptors (Lipinski definition) is 3. The molecule has 0 aliphatic heterocycles. The SMILES string of the molecule is CC(C)Oc1ccc(Cl)c(CN)n1. The van der Waals surface area contributed by atoms with Crippen LogP contribution in [0.1, 0.15) is 19.5 Å². The van der Waals surface area contributed by atoms with Crippen LogP contribution in [0.25, 0.3) is 0 Å². The van der Waals surface area contributed by atoms with Crippen molar-refractivity contribution in [2.75, 3.05) is 0 Å². The van der Waals surface area contributed by atoms with Gasteiger partial charge in [0, 0.05) is 12.6 Å². The molecule has 1 rings (SSSR count). The minimum Gasteiger partial charge on any atom is -0.475 e. The van der Waals surface area contributed by atoms with E-state index in [9.17, 15) is 0 Å². The summed E-state index contributed by atoms with van der Waals surface area (Å²) in [6.07, 6.45) is 0.110. The van der Waals surface area contributed by atoms with Crippen LogP contribution in [0, 0.1) is 0 Å². The zero-order chi connectivity index (χ0) is 9.84. The van der Waals surface area contributed by atoms with E-state index in [0.29, 0.717) is 23.1 Å². The van der Waals surface area contributed by atoms with Crippen LogP contribution in [-0.2, 0) is 6.54 Å². The van der Waals surface area contributed by atoms with E-state index in [0.717, 1.165) is 0 Å². The second kappa shape index (κ2) is 4.44. The number of aromatic nitrogens is 1. The van der Waals surface area contributed by atoms with Crippen molar-refractivity contribution in [1.82, 2.24) is 4.98 Å². The van der Waals surface area contributed by atoms with Crippen LogP contribution in [-0.4, -0.2) is 11.1 Å². The number of pyridine rings is 1. The third-order valence-corrected chi connectivity index (χ3v) is 1.79.